The van der Waals surface area contributed by atoms with E-state index in [0.29, 0.717) is 6.04 Å². The Morgan fingerprint density at radius 1 is 1.13 bits per heavy atom. The number of rotatable bonds is 1. The molecule has 76 valence electrons. The van der Waals surface area contributed by atoms with Gasteiger partial charge in [-0.15, -0.1) is 11.3 Å². The maximum atomic E-state index is 3.59. The smallest absolute Gasteiger partial charge is 0.0673 e. The molecule has 0 aliphatic carbocycles. The second-order valence-electron chi connectivity index (χ2n) is 3.85. The molecule has 1 aliphatic rings. The summed E-state index contributed by atoms with van der Waals surface area (Å²) in [7, 11) is 0. The average molecular weight is 215 g/mol. The van der Waals surface area contributed by atoms with E-state index in [-0.39, 0.29) is 0 Å². The van der Waals surface area contributed by atoms with Crippen LogP contribution in [0.2, 0.25) is 0 Å². The first-order chi connectivity index (χ1) is 7.45. The third-order valence-corrected chi connectivity index (χ3v) is 3.87. The Labute approximate surface area is 93.8 Å². The van der Waals surface area contributed by atoms with E-state index in [9.17, 15) is 0 Å². The van der Waals surface area contributed by atoms with Crippen molar-refractivity contribution in [2.75, 3.05) is 6.54 Å². The van der Waals surface area contributed by atoms with E-state index in [4.69, 9.17) is 0 Å². The number of thiophene rings is 1. The zero-order valence-corrected chi connectivity index (χ0v) is 9.26. The van der Waals surface area contributed by atoms with Crippen molar-refractivity contribution in [3.05, 3.63) is 57.8 Å². The molecule has 15 heavy (non-hydrogen) atoms. The molecule has 2 heterocycles. The highest BCUT2D eigenvalue weighted by atomic mass is 32.1. The first-order valence-corrected chi connectivity index (χ1v) is 6.18. The second kappa shape index (κ2) is 3.80. The van der Waals surface area contributed by atoms with Crippen molar-refractivity contribution < 1.29 is 0 Å². The standard InChI is InChI=1S/C13H13NS/c1-2-5-11-10(4-1)7-8-14-13(11)12-6-3-9-15-12/h1-6,9,13-14H,7-8H2/t13-/m1/s1. The van der Waals surface area contributed by atoms with Gasteiger partial charge in [-0.2, -0.15) is 0 Å². The lowest BCUT2D eigenvalue weighted by atomic mass is 9.93. The topological polar surface area (TPSA) is 12.0 Å². The molecule has 1 aromatic heterocycles. The minimum atomic E-state index is 0.412. The van der Waals surface area contributed by atoms with Crippen molar-refractivity contribution in [1.82, 2.24) is 5.32 Å². The summed E-state index contributed by atoms with van der Waals surface area (Å²) < 4.78 is 0. The van der Waals surface area contributed by atoms with Crippen LogP contribution in [-0.4, -0.2) is 6.54 Å². The Morgan fingerprint density at radius 2 is 2.07 bits per heavy atom. The minimum absolute atomic E-state index is 0.412. The third kappa shape index (κ3) is 1.60. The first-order valence-electron chi connectivity index (χ1n) is 5.30. The maximum Gasteiger partial charge on any atom is 0.0673 e. The summed E-state index contributed by atoms with van der Waals surface area (Å²) in [6.45, 7) is 1.08. The molecule has 1 nitrogen and oxygen atoms in total. The lowest BCUT2D eigenvalue weighted by Crippen LogP contribution is -2.29. The number of benzene rings is 1. The number of fused-ring (bicyclic) bond motifs is 1. The van der Waals surface area contributed by atoms with Gasteiger partial charge < -0.3 is 5.32 Å². The van der Waals surface area contributed by atoms with Gasteiger partial charge in [0.05, 0.1) is 6.04 Å². The molecule has 0 spiro atoms. The monoisotopic (exact) mass is 215 g/mol. The van der Waals surface area contributed by atoms with Crippen LogP contribution in [0.4, 0.5) is 0 Å². The zero-order valence-electron chi connectivity index (χ0n) is 8.44. The molecule has 2 aromatic rings. The molecule has 0 amide bonds. The molecule has 0 saturated heterocycles. The van der Waals surface area contributed by atoms with Crippen LogP contribution in [0.3, 0.4) is 0 Å². The molecule has 0 bridgehead atoms. The van der Waals surface area contributed by atoms with Crippen molar-refractivity contribution in [1.29, 1.82) is 0 Å². The highest BCUT2D eigenvalue weighted by molar-refractivity contribution is 7.10. The lowest BCUT2D eigenvalue weighted by molar-refractivity contribution is 0.575. The number of hydrogen-bond donors (Lipinski definition) is 1. The highest BCUT2D eigenvalue weighted by Crippen LogP contribution is 2.30. The molecule has 0 unspecified atom stereocenters. The summed E-state index contributed by atoms with van der Waals surface area (Å²) in [6.07, 6.45) is 1.15. The van der Waals surface area contributed by atoms with E-state index < -0.39 is 0 Å². The SMILES string of the molecule is c1csc([C@@H]2NCCc3ccccc32)c1. The molecule has 1 aromatic carbocycles. The fraction of sp³-hybridized carbons (Fsp3) is 0.231. The first kappa shape index (κ1) is 9.13. The van der Waals surface area contributed by atoms with Gasteiger partial charge in [-0.1, -0.05) is 30.3 Å². The summed E-state index contributed by atoms with van der Waals surface area (Å²) in [4.78, 5) is 1.42. The van der Waals surface area contributed by atoms with Gasteiger partial charge in [-0.25, -0.2) is 0 Å². The molecule has 1 N–H and O–H groups in total. The van der Waals surface area contributed by atoms with Crippen LogP contribution in [0.25, 0.3) is 0 Å². The summed E-state index contributed by atoms with van der Waals surface area (Å²) in [5.41, 5.74) is 2.95. The quantitative estimate of drug-likeness (QED) is 0.771. The van der Waals surface area contributed by atoms with Crippen LogP contribution in [0.15, 0.2) is 41.8 Å². The van der Waals surface area contributed by atoms with Crippen molar-refractivity contribution in [3.8, 4) is 0 Å². The Balaban J connectivity index is 2.06. The Bertz CT molecular complexity index is 447. The van der Waals surface area contributed by atoms with Crippen molar-refractivity contribution >= 4 is 11.3 Å². The molecule has 1 aliphatic heterocycles. The average Bonchev–Trinajstić information content (AvgIpc) is 2.82. The fourth-order valence-corrected chi connectivity index (χ4v) is 3.03. The van der Waals surface area contributed by atoms with E-state index in [1.807, 2.05) is 11.3 Å². The van der Waals surface area contributed by atoms with Gasteiger partial charge in [0, 0.05) is 11.4 Å². The molecule has 0 radical (unpaired) electrons. The Morgan fingerprint density at radius 3 is 2.93 bits per heavy atom. The van der Waals surface area contributed by atoms with Crippen molar-refractivity contribution in [2.24, 2.45) is 0 Å². The van der Waals surface area contributed by atoms with Crippen LogP contribution >= 0.6 is 11.3 Å². The predicted octanol–water partition coefficient (Wildman–Crippen LogP) is 2.98. The number of hydrogen-bond acceptors (Lipinski definition) is 2. The van der Waals surface area contributed by atoms with Gasteiger partial charge in [-0.3, -0.25) is 0 Å². The summed E-state index contributed by atoms with van der Waals surface area (Å²) in [6, 6.07) is 13.5. The van der Waals surface area contributed by atoms with E-state index in [1.54, 1.807) is 0 Å². The number of nitrogens with one attached hydrogen (secondary N) is 1. The molecular formula is C13H13NS. The third-order valence-electron chi connectivity index (χ3n) is 2.94. The van der Waals surface area contributed by atoms with Crippen LogP contribution in [0, 0.1) is 0 Å². The molecule has 2 heteroatoms. The molecule has 0 saturated carbocycles. The van der Waals surface area contributed by atoms with Crippen LogP contribution in [0.5, 0.6) is 0 Å². The fourth-order valence-electron chi connectivity index (χ4n) is 2.21. The van der Waals surface area contributed by atoms with Crippen LogP contribution < -0.4 is 5.32 Å². The van der Waals surface area contributed by atoms with Crippen molar-refractivity contribution in [2.45, 2.75) is 12.5 Å². The highest BCUT2D eigenvalue weighted by Gasteiger charge is 2.20. The molecule has 3 rings (SSSR count). The second-order valence-corrected chi connectivity index (χ2v) is 4.83. The summed E-state index contributed by atoms with van der Waals surface area (Å²) in [5.74, 6) is 0. The van der Waals surface area contributed by atoms with Crippen LogP contribution in [-0.2, 0) is 6.42 Å². The summed E-state index contributed by atoms with van der Waals surface area (Å²) >= 11 is 1.83. The maximum absolute atomic E-state index is 3.59. The van der Waals surface area contributed by atoms with Crippen LogP contribution in [0.1, 0.15) is 22.0 Å². The largest absolute Gasteiger partial charge is 0.305 e. The van der Waals surface area contributed by atoms with E-state index in [0.717, 1.165) is 13.0 Å². The molecule has 0 fully saturated rings. The Hall–Kier alpha value is -1.12. The lowest BCUT2D eigenvalue weighted by Gasteiger charge is -2.26. The van der Waals surface area contributed by atoms with Gasteiger partial charge in [0.15, 0.2) is 0 Å². The van der Waals surface area contributed by atoms with Gasteiger partial charge in [-0.05, 0) is 29.0 Å². The molecule has 1 atom stereocenters. The van der Waals surface area contributed by atoms with Crippen molar-refractivity contribution in [3.63, 3.8) is 0 Å². The zero-order chi connectivity index (χ0) is 10.1. The van der Waals surface area contributed by atoms with E-state index in [2.05, 4.69) is 47.1 Å². The van der Waals surface area contributed by atoms with E-state index >= 15 is 0 Å². The predicted molar refractivity (Wildman–Crippen MR) is 64.3 cm³/mol. The normalized spacial score (nSPS) is 19.9. The van der Waals surface area contributed by atoms with Gasteiger partial charge in [0.1, 0.15) is 0 Å². The summed E-state index contributed by atoms with van der Waals surface area (Å²) in [5, 5.41) is 5.74. The van der Waals surface area contributed by atoms with E-state index in [1.165, 1.54) is 16.0 Å². The van der Waals surface area contributed by atoms with Gasteiger partial charge in [0.25, 0.3) is 0 Å². The van der Waals surface area contributed by atoms with Gasteiger partial charge >= 0.3 is 0 Å². The van der Waals surface area contributed by atoms with Gasteiger partial charge in [0.2, 0.25) is 0 Å². The molecular weight excluding hydrogens is 202 g/mol. The Kier molecular flexibility index (Phi) is 2.31. The minimum Gasteiger partial charge on any atom is -0.305 e.